The molecule has 0 fully saturated rings. The van der Waals surface area contributed by atoms with Crippen LogP contribution in [0.5, 0.6) is 5.75 Å². The number of nitro groups is 1. The van der Waals surface area contributed by atoms with Gasteiger partial charge in [0.1, 0.15) is 5.75 Å². The zero-order valence-electron chi connectivity index (χ0n) is 13.2. The van der Waals surface area contributed by atoms with Crippen molar-refractivity contribution in [2.24, 2.45) is 10.2 Å². The van der Waals surface area contributed by atoms with Crippen LogP contribution in [0.2, 0.25) is 0 Å². The first kappa shape index (κ1) is 16.3. The van der Waals surface area contributed by atoms with E-state index >= 15 is 0 Å². The summed E-state index contributed by atoms with van der Waals surface area (Å²) in [6.45, 7) is 0. The van der Waals surface area contributed by atoms with E-state index in [0.29, 0.717) is 11.4 Å². The van der Waals surface area contributed by atoms with E-state index in [1.165, 1.54) is 12.1 Å². The molecule has 0 amide bonds. The molecule has 0 unspecified atom stereocenters. The smallest absolute Gasteiger partial charge is 0.269 e. The summed E-state index contributed by atoms with van der Waals surface area (Å²) in [5.41, 5.74) is 1.39. The average Bonchev–Trinajstić information content (AvgIpc) is 2.67. The summed E-state index contributed by atoms with van der Waals surface area (Å²) in [5, 5.41) is 19.1. The van der Waals surface area contributed by atoms with Crippen molar-refractivity contribution >= 4 is 11.4 Å². The summed E-state index contributed by atoms with van der Waals surface area (Å²) in [4.78, 5) is 10.2. The van der Waals surface area contributed by atoms with Gasteiger partial charge in [0.15, 0.2) is 0 Å². The topological polar surface area (TPSA) is 77.1 Å². The summed E-state index contributed by atoms with van der Waals surface area (Å²) in [6.07, 6.45) is -0.612. The fraction of sp³-hybridized carbons (Fsp3) is 0.0526. The molecule has 3 aromatic carbocycles. The van der Waals surface area contributed by atoms with Crippen LogP contribution in [0.15, 0.2) is 95.2 Å². The molecule has 124 valence electrons. The standard InChI is InChI=1S/C19H15N3O3/c23-22(24)17-13-11-16(12-14-17)20-21-19(15-7-3-1-4-8-15)25-18-9-5-2-6-10-18/h1-14,19H/t19-/m1/s1. The minimum Gasteiger partial charge on any atom is -0.463 e. The molecule has 0 heterocycles. The van der Waals surface area contributed by atoms with Crippen molar-refractivity contribution < 1.29 is 9.66 Å². The zero-order valence-corrected chi connectivity index (χ0v) is 13.2. The third-order valence-corrected chi connectivity index (χ3v) is 3.41. The fourth-order valence-corrected chi connectivity index (χ4v) is 2.16. The first-order valence-corrected chi connectivity index (χ1v) is 7.64. The van der Waals surface area contributed by atoms with Crippen LogP contribution in [0.3, 0.4) is 0 Å². The molecule has 0 bridgehead atoms. The van der Waals surface area contributed by atoms with Crippen LogP contribution < -0.4 is 4.74 Å². The maximum Gasteiger partial charge on any atom is 0.269 e. The molecule has 0 aliphatic rings. The highest BCUT2D eigenvalue weighted by Gasteiger charge is 2.12. The van der Waals surface area contributed by atoms with Gasteiger partial charge in [-0.3, -0.25) is 10.1 Å². The first-order chi connectivity index (χ1) is 12.2. The molecule has 0 N–H and O–H groups in total. The Labute approximate surface area is 144 Å². The molecule has 0 spiro atoms. The molecule has 0 saturated heterocycles. The number of rotatable bonds is 6. The first-order valence-electron chi connectivity index (χ1n) is 7.64. The van der Waals surface area contributed by atoms with Gasteiger partial charge in [-0.2, -0.15) is 5.11 Å². The van der Waals surface area contributed by atoms with Crippen LogP contribution in [0.25, 0.3) is 0 Å². The molecule has 0 radical (unpaired) electrons. The molecule has 6 heteroatoms. The number of nitro benzene ring substituents is 1. The third-order valence-electron chi connectivity index (χ3n) is 3.41. The molecule has 3 aromatic rings. The molecule has 25 heavy (non-hydrogen) atoms. The summed E-state index contributed by atoms with van der Waals surface area (Å²) in [5.74, 6) is 0.680. The second-order valence-corrected chi connectivity index (χ2v) is 5.18. The van der Waals surface area contributed by atoms with Crippen LogP contribution in [-0.4, -0.2) is 4.92 Å². The van der Waals surface area contributed by atoms with Gasteiger partial charge in [0.2, 0.25) is 6.23 Å². The van der Waals surface area contributed by atoms with Crippen molar-refractivity contribution in [1.29, 1.82) is 0 Å². The number of para-hydroxylation sites is 1. The van der Waals surface area contributed by atoms with Crippen molar-refractivity contribution in [3.8, 4) is 5.75 Å². The number of ether oxygens (including phenoxy) is 1. The van der Waals surface area contributed by atoms with Gasteiger partial charge in [0.25, 0.3) is 5.69 Å². The van der Waals surface area contributed by atoms with E-state index in [2.05, 4.69) is 10.2 Å². The minimum atomic E-state index is -0.612. The highest BCUT2D eigenvalue weighted by atomic mass is 16.6. The molecule has 1 atom stereocenters. The number of nitrogens with zero attached hydrogens (tertiary/aromatic N) is 3. The van der Waals surface area contributed by atoms with Gasteiger partial charge in [-0.25, -0.2) is 0 Å². The van der Waals surface area contributed by atoms with Crippen LogP contribution in [0.4, 0.5) is 11.4 Å². The lowest BCUT2D eigenvalue weighted by Gasteiger charge is -2.14. The van der Waals surface area contributed by atoms with E-state index in [0.717, 1.165) is 5.56 Å². The maximum absolute atomic E-state index is 10.7. The summed E-state index contributed by atoms with van der Waals surface area (Å²) in [6, 6.07) is 24.8. The summed E-state index contributed by atoms with van der Waals surface area (Å²) < 4.78 is 5.92. The van der Waals surface area contributed by atoms with Gasteiger partial charge in [0.05, 0.1) is 10.6 Å². The monoisotopic (exact) mass is 333 g/mol. The van der Waals surface area contributed by atoms with E-state index in [1.54, 1.807) is 12.1 Å². The molecule has 0 aliphatic carbocycles. The lowest BCUT2D eigenvalue weighted by atomic mass is 10.2. The normalized spacial score (nSPS) is 12.0. The second kappa shape index (κ2) is 7.83. The zero-order chi connectivity index (χ0) is 17.5. The molecule has 0 aromatic heterocycles. The van der Waals surface area contributed by atoms with Crippen LogP contribution >= 0.6 is 0 Å². The van der Waals surface area contributed by atoms with Crippen LogP contribution in [0.1, 0.15) is 11.8 Å². The number of azo groups is 1. The fourth-order valence-electron chi connectivity index (χ4n) is 2.16. The predicted octanol–water partition coefficient (Wildman–Crippen LogP) is 5.46. The lowest BCUT2D eigenvalue weighted by molar-refractivity contribution is -0.384. The number of non-ortho nitro benzene ring substituents is 1. The largest absolute Gasteiger partial charge is 0.463 e. The lowest BCUT2D eigenvalue weighted by Crippen LogP contribution is -2.04. The van der Waals surface area contributed by atoms with Crippen molar-refractivity contribution in [3.63, 3.8) is 0 Å². The van der Waals surface area contributed by atoms with Crippen molar-refractivity contribution in [2.45, 2.75) is 6.23 Å². The SMILES string of the molecule is O=[N+]([O-])c1ccc(N=N[C@H](Oc2ccccc2)c2ccccc2)cc1. The number of benzene rings is 3. The number of hydrogen-bond donors (Lipinski definition) is 0. The van der Waals surface area contributed by atoms with Crippen LogP contribution in [0, 0.1) is 10.1 Å². The Morgan fingerprint density at radius 3 is 2.04 bits per heavy atom. The molecule has 3 rings (SSSR count). The second-order valence-electron chi connectivity index (χ2n) is 5.18. The van der Waals surface area contributed by atoms with Gasteiger partial charge in [-0.05, 0) is 24.3 Å². The Morgan fingerprint density at radius 1 is 0.840 bits per heavy atom. The predicted molar refractivity (Wildman–Crippen MR) is 93.9 cm³/mol. The Bertz CT molecular complexity index is 850. The summed E-state index contributed by atoms with van der Waals surface area (Å²) >= 11 is 0. The summed E-state index contributed by atoms with van der Waals surface area (Å²) in [7, 11) is 0. The molecular formula is C19H15N3O3. The Kier molecular flexibility index (Phi) is 5.11. The average molecular weight is 333 g/mol. The van der Waals surface area contributed by atoms with Gasteiger partial charge in [-0.1, -0.05) is 48.5 Å². The minimum absolute atomic E-state index is 0.0131. The quantitative estimate of drug-likeness (QED) is 0.341. The van der Waals surface area contributed by atoms with Crippen molar-refractivity contribution in [2.75, 3.05) is 0 Å². The molecule has 0 saturated carbocycles. The Morgan fingerprint density at radius 2 is 1.44 bits per heavy atom. The molecule has 6 nitrogen and oxygen atoms in total. The van der Waals surface area contributed by atoms with Gasteiger partial charge >= 0.3 is 0 Å². The highest BCUT2D eigenvalue weighted by Crippen LogP contribution is 2.25. The van der Waals surface area contributed by atoms with E-state index in [1.807, 2.05) is 60.7 Å². The van der Waals surface area contributed by atoms with E-state index < -0.39 is 11.2 Å². The van der Waals surface area contributed by atoms with E-state index in [9.17, 15) is 10.1 Å². The van der Waals surface area contributed by atoms with Gasteiger partial charge in [0, 0.05) is 17.7 Å². The van der Waals surface area contributed by atoms with E-state index in [4.69, 9.17) is 4.74 Å². The number of hydrogen-bond acceptors (Lipinski definition) is 5. The third kappa shape index (κ3) is 4.48. The Hall–Kier alpha value is -3.54. The highest BCUT2D eigenvalue weighted by molar-refractivity contribution is 5.43. The van der Waals surface area contributed by atoms with Crippen molar-refractivity contribution in [1.82, 2.24) is 0 Å². The maximum atomic E-state index is 10.7. The van der Waals surface area contributed by atoms with Gasteiger partial charge in [-0.15, -0.1) is 5.11 Å². The molecular weight excluding hydrogens is 318 g/mol. The Balaban J connectivity index is 1.83. The molecule has 0 aliphatic heterocycles. The van der Waals surface area contributed by atoms with Crippen LogP contribution in [-0.2, 0) is 0 Å². The van der Waals surface area contributed by atoms with E-state index in [-0.39, 0.29) is 5.69 Å². The van der Waals surface area contributed by atoms with Crippen molar-refractivity contribution in [3.05, 3.63) is 101 Å². The van der Waals surface area contributed by atoms with Gasteiger partial charge < -0.3 is 4.74 Å².